The van der Waals surface area contributed by atoms with Gasteiger partial charge in [-0.25, -0.2) is 9.18 Å². The third-order valence-corrected chi connectivity index (χ3v) is 4.94. The van der Waals surface area contributed by atoms with Gasteiger partial charge in [-0.15, -0.1) is 0 Å². The van der Waals surface area contributed by atoms with Crippen molar-refractivity contribution in [1.29, 1.82) is 0 Å². The summed E-state index contributed by atoms with van der Waals surface area (Å²) < 4.78 is 19.1. The molecule has 3 atom stereocenters. The Bertz CT molecular complexity index is 406. The van der Waals surface area contributed by atoms with E-state index < -0.39 is 30.2 Å². The number of unbranched alkanes of at least 4 members (excludes halogenated alkanes) is 11. The number of nitrogens with one attached hydrogen (secondary N) is 1. The van der Waals surface area contributed by atoms with Crippen molar-refractivity contribution in [3.05, 3.63) is 0 Å². The highest BCUT2D eigenvalue weighted by atomic mass is 19.1. The summed E-state index contributed by atoms with van der Waals surface area (Å²) in [6.45, 7) is 5.18. The first-order chi connectivity index (χ1) is 13.4. The van der Waals surface area contributed by atoms with Crippen molar-refractivity contribution in [2.75, 3.05) is 6.61 Å². The van der Waals surface area contributed by atoms with Crippen LogP contribution in [0.2, 0.25) is 0 Å². The lowest BCUT2D eigenvalue weighted by Crippen LogP contribution is -2.52. The maximum Gasteiger partial charge on any atom is 0.331 e. The molecule has 0 aromatic rings. The van der Waals surface area contributed by atoms with E-state index in [9.17, 15) is 19.1 Å². The molecular formula is C22H42FNO4. The fourth-order valence-electron chi connectivity index (χ4n) is 3.29. The Labute approximate surface area is 170 Å². The zero-order chi connectivity index (χ0) is 21.2. The number of hydrogen-bond acceptors (Lipinski definition) is 4. The lowest BCUT2D eigenvalue weighted by Gasteiger charge is -2.24. The van der Waals surface area contributed by atoms with Crippen molar-refractivity contribution < 1.29 is 23.8 Å². The molecule has 0 aliphatic heterocycles. The standard InChI is InChI=1S/C22H42FNO4/c1-4-6-7-8-9-10-11-12-13-14-15-16-17-19(23)21(26)20(24-18(3)25)22(27)28-5-2/h19-21,26H,4-17H2,1-3H3,(H,24,25)/t19-,20-,21-/m0/s1. The van der Waals surface area contributed by atoms with E-state index in [-0.39, 0.29) is 13.0 Å². The number of aliphatic hydroxyl groups excluding tert-OH is 1. The normalized spacial score (nSPS) is 14.3. The van der Waals surface area contributed by atoms with Gasteiger partial charge < -0.3 is 15.2 Å². The summed E-state index contributed by atoms with van der Waals surface area (Å²) in [7, 11) is 0. The monoisotopic (exact) mass is 403 g/mol. The van der Waals surface area contributed by atoms with Crippen LogP contribution in [-0.4, -0.2) is 41.9 Å². The molecular weight excluding hydrogens is 361 g/mol. The van der Waals surface area contributed by atoms with E-state index in [1.807, 2.05) is 0 Å². The first-order valence-corrected chi connectivity index (χ1v) is 11.2. The third-order valence-electron chi connectivity index (χ3n) is 4.94. The van der Waals surface area contributed by atoms with Crippen molar-refractivity contribution in [3.8, 4) is 0 Å². The number of amides is 1. The number of hydrogen-bond donors (Lipinski definition) is 2. The Kier molecular flexibility index (Phi) is 17.1. The van der Waals surface area contributed by atoms with Gasteiger partial charge in [-0.3, -0.25) is 4.79 Å². The Morgan fingerprint density at radius 2 is 1.36 bits per heavy atom. The fraction of sp³-hybridized carbons (Fsp3) is 0.909. The number of carbonyl (C=O) groups excluding carboxylic acids is 2. The Morgan fingerprint density at radius 3 is 1.79 bits per heavy atom. The van der Waals surface area contributed by atoms with Gasteiger partial charge in [-0.1, -0.05) is 84.0 Å². The largest absolute Gasteiger partial charge is 0.464 e. The molecule has 0 spiro atoms. The van der Waals surface area contributed by atoms with Gasteiger partial charge in [-0.05, 0) is 13.3 Å². The molecule has 0 fully saturated rings. The number of alkyl halides is 1. The van der Waals surface area contributed by atoms with Gasteiger partial charge in [0.2, 0.25) is 5.91 Å². The average Bonchev–Trinajstić information content (AvgIpc) is 2.66. The molecule has 0 heterocycles. The molecule has 1 amide bonds. The molecule has 0 saturated heterocycles. The van der Waals surface area contributed by atoms with Crippen LogP contribution in [0.25, 0.3) is 0 Å². The highest BCUT2D eigenvalue weighted by molar-refractivity contribution is 5.83. The minimum absolute atomic E-state index is 0.108. The Morgan fingerprint density at radius 1 is 0.893 bits per heavy atom. The molecule has 0 bridgehead atoms. The number of ether oxygens (including phenoxy) is 1. The highest BCUT2D eigenvalue weighted by Gasteiger charge is 2.34. The average molecular weight is 404 g/mol. The van der Waals surface area contributed by atoms with Crippen molar-refractivity contribution >= 4 is 11.9 Å². The summed E-state index contributed by atoms with van der Waals surface area (Å²) >= 11 is 0. The molecule has 2 N–H and O–H groups in total. The van der Waals surface area contributed by atoms with E-state index in [1.54, 1.807) is 6.92 Å². The molecule has 0 unspecified atom stereocenters. The number of carbonyl (C=O) groups is 2. The molecule has 0 radical (unpaired) electrons. The summed E-state index contributed by atoms with van der Waals surface area (Å²) in [6.07, 6.45) is 11.3. The number of esters is 1. The zero-order valence-corrected chi connectivity index (χ0v) is 18.2. The highest BCUT2D eigenvalue weighted by Crippen LogP contribution is 2.16. The van der Waals surface area contributed by atoms with Gasteiger partial charge in [0, 0.05) is 6.92 Å². The quantitative estimate of drug-likeness (QED) is 0.253. The SMILES string of the molecule is CCCCCCCCCCCCCC[C@H](F)[C@H](O)[C@H](NC(C)=O)C(=O)OCC. The van der Waals surface area contributed by atoms with Crippen molar-refractivity contribution in [3.63, 3.8) is 0 Å². The van der Waals surface area contributed by atoms with Crippen LogP contribution in [0.4, 0.5) is 4.39 Å². The second kappa shape index (κ2) is 17.9. The Balaban J connectivity index is 3.86. The van der Waals surface area contributed by atoms with Crippen molar-refractivity contribution in [2.45, 2.75) is 123 Å². The molecule has 28 heavy (non-hydrogen) atoms. The van der Waals surface area contributed by atoms with Crippen LogP contribution in [0.1, 0.15) is 104 Å². The van der Waals surface area contributed by atoms with Crippen LogP contribution < -0.4 is 5.32 Å². The van der Waals surface area contributed by atoms with Gasteiger partial charge in [0.25, 0.3) is 0 Å². The summed E-state index contributed by atoms with van der Waals surface area (Å²) in [4.78, 5) is 23.0. The van der Waals surface area contributed by atoms with E-state index in [0.717, 1.165) is 19.3 Å². The van der Waals surface area contributed by atoms with Crippen LogP contribution in [0.3, 0.4) is 0 Å². The lowest BCUT2D eigenvalue weighted by atomic mass is 10.00. The number of halogens is 1. The van der Waals surface area contributed by atoms with E-state index in [0.29, 0.717) is 6.42 Å². The van der Waals surface area contributed by atoms with E-state index in [2.05, 4.69) is 12.2 Å². The minimum atomic E-state index is -1.59. The number of aliphatic hydroxyl groups is 1. The predicted octanol–water partition coefficient (Wildman–Crippen LogP) is 4.84. The lowest BCUT2D eigenvalue weighted by molar-refractivity contribution is -0.152. The molecule has 0 saturated carbocycles. The zero-order valence-electron chi connectivity index (χ0n) is 18.2. The smallest absolute Gasteiger partial charge is 0.331 e. The third kappa shape index (κ3) is 13.9. The molecule has 166 valence electrons. The number of rotatable bonds is 18. The minimum Gasteiger partial charge on any atom is -0.464 e. The van der Waals surface area contributed by atoms with Gasteiger partial charge in [-0.2, -0.15) is 0 Å². The maximum absolute atomic E-state index is 14.3. The molecule has 0 aromatic carbocycles. The predicted molar refractivity (Wildman–Crippen MR) is 111 cm³/mol. The fourth-order valence-corrected chi connectivity index (χ4v) is 3.29. The summed E-state index contributed by atoms with van der Waals surface area (Å²) in [5.74, 6) is -1.31. The molecule has 0 aliphatic rings. The van der Waals surface area contributed by atoms with E-state index in [1.165, 1.54) is 58.3 Å². The van der Waals surface area contributed by atoms with Gasteiger partial charge >= 0.3 is 5.97 Å². The van der Waals surface area contributed by atoms with Crippen LogP contribution in [0.5, 0.6) is 0 Å². The molecule has 6 heteroatoms. The van der Waals surface area contributed by atoms with Crippen molar-refractivity contribution in [1.82, 2.24) is 5.32 Å². The summed E-state index contributed by atoms with van der Waals surface area (Å²) in [6, 6.07) is -1.36. The molecule has 0 aromatic heterocycles. The second-order valence-corrected chi connectivity index (χ2v) is 7.61. The van der Waals surface area contributed by atoms with Crippen LogP contribution in [0.15, 0.2) is 0 Å². The maximum atomic E-state index is 14.3. The summed E-state index contributed by atoms with van der Waals surface area (Å²) in [5.41, 5.74) is 0. The van der Waals surface area contributed by atoms with Crippen LogP contribution >= 0.6 is 0 Å². The van der Waals surface area contributed by atoms with E-state index >= 15 is 0 Å². The molecule has 5 nitrogen and oxygen atoms in total. The van der Waals surface area contributed by atoms with E-state index in [4.69, 9.17) is 4.74 Å². The van der Waals surface area contributed by atoms with Gasteiger partial charge in [0.05, 0.1) is 6.61 Å². The first-order valence-electron chi connectivity index (χ1n) is 11.2. The van der Waals surface area contributed by atoms with Crippen molar-refractivity contribution in [2.24, 2.45) is 0 Å². The topological polar surface area (TPSA) is 75.6 Å². The molecule has 0 rings (SSSR count). The molecule has 0 aliphatic carbocycles. The Hall–Kier alpha value is -1.17. The van der Waals surface area contributed by atoms with Gasteiger partial charge in [0.15, 0.2) is 6.04 Å². The summed E-state index contributed by atoms with van der Waals surface area (Å²) in [5, 5.41) is 12.4. The first kappa shape index (κ1) is 26.8. The second-order valence-electron chi connectivity index (χ2n) is 7.61. The van der Waals surface area contributed by atoms with Gasteiger partial charge in [0.1, 0.15) is 12.3 Å². The van der Waals surface area contributed by atoms with Crippen LogP contribution in [0, 0.1) is 0 Å². The van der Waals surface area contributed by atoms with Crippen LogP contribution in [-0.2, 0) is 14.3 Å².